The number of hydrazine groups is 1. The molecule has 0 bridgehead atoms. The van der Waals surface area contributed by atoms with Crippen molar-refractivity contribution in [3.63, 3.8) is 0 Å². The SMILES string of the molecule is C[C@H](C(=O)NNC(=O)[C@@H](C)N1C(=O)COc2ccccc21)N1C(=O)COc2ccccc21. The molecule has 0 fully saturated rings. The molecule has 0 saturated carbocycles. The van der Waals surface area contributed by atoms with E-state index in [9.17, 15) is 19.2 Å². The van der Waals surface area contributed by atoms with Crippen LogP contribution < -0.4 is 30.1 Å². The summed E-state index contributed by atoms with van der Waals surface area (Å²) >= 11 is 0. The molecule has 2 heterocycles. The van der Waals surface area contributed by atoms with Crippen LogP contribution in [0.2, 0.25) is 0 Å². The topological polar surface area (TPSA) is 117 Å². The molecule has 2 atom stereocenters. The Hall–Kier alpha value is -4.08. The Morgan fingerprint density at radius 3 is 1.53 bits per heavy atom. The number of carbonyl (C=O) groups is 4. The molecule has 2 aliphatic heterocycles. The first-order valence-electron chi connectivity index (χ1n) is 10.1. The highest BCUT2D eigenvalue weighted by Crippen LogP contribution is 2.34. The van der Waals surface area contributed by atoms with Gasteiger partial charge in [-0.05, 0) is 38.1 Å². The van der Waals surface area contributed by atoms with E-state index in [4.69, 9.17) is 9.47 Å². The van der Waals surface area contributed by atoms with Gasteiger partial charge in [0, 0.05) is 0 Å². The molecule has 0 unspecified atom stereocenters. The van der Waals surface area contributed by atoms with Crippen molar-refractivity contribution in [3.8, 4) is 11.5 Å². The molecule has 2 aliphatic rings. The minimum absolute atomic E-state index is 0.184. The van der Waals surface area contributed by atoms with Crippen LogP contribution in [-0.2, 0) is 19.2 Å². The number of benzene rings is 2. The molecule has 0 saturated heterocycles. The predicted molar refractivity (Wildman–Crippen MR) is 114 cm³/mol. The van der Waals surface area contributed by atoms with Gasteiger partial charge in [-0.1, -0.05) is 24.3 Å². The van der Waals surface area contributed by atoms with E-state index >= 15 is 0 Å². The molecule has 0 spiro atoms. The molecular formula is C22H22N4O6. The van der Waals surface area contributed by atoms with Crippen LogP contribution >= 0.6 is 0 Å². The van der Waals surface area contributed by atoms with E-state index in [1.165, 1.54) is 9.80 Å². The molecular weight excluding hydrogens is 416 g/mol. The maximum Gasteiger partial charge on any atom is 0.265 e. The van der Waals surface area contributed by atoms with Gasteiger partial charge < -0.3 is 9.47 Å². The Bertz CT molecular complexity index is 1000. The van der Waals surface area contributed by atoms with Crippen molar-refractivity contribution in [2.75, 3.05) is 23.0 Å². The Kier molecular flexibility index (Phi) is 5.67. The Morgan fingerprint density at radius 1 is 0.750 bits per heavy atom. The first-order valence-corrected chi connectivity index (χ1v) is 10.1. The summed E-state index contributed by atoms with van der Waals surface area (Å²) in [6, 6.07) is 12.0. The minimum Gasteiger partial charge on any atom is -0.482 e. The van der Waals surface area contributed by atoms with Crippen LogP contribution in [0.5, 0.6) is 11.5 Å². The molecule has 32 heavy (non-hydrogen) atoms. The quantitative estimate of drug-likeness (QED) is 0.681. The van der Waals surface area contributed by atoms with Gasteiger partial charge in [-0.15, -0.1) is 0 Å². The van der Waals surface area contributed by atoms with Crippen LogP contribution in [-0.4, -0.2) is 48.9 Å². The molecule has 0 aliphatic carbocycles. The molecule has 2 aromatic rings. The number of carbonyl (C=O) groups excluding carboxylic acids is 4. The standard InChI is InChI=1S/C22H22N4O6/c1-13(25-15-7-3-5-9-17(15)31-11-19(25)27)21(29)23-24-22(30)14(2)26-16-8-4-6-10-18(16)32-12-20(26)28/h3-10,13-14H,11-12H2,1-2H3,(H,23,29)(H,24,30)/t13-,14-/m1/s1. The number of para-hydroxylation sites is 4. The lowest BCUT2D eigenvalue weighted by atomic mass is 10.1. The minimum atomic E-state index is -0.908. The number of hydrogen-bond acceptors (Lipinski definition) is 6. The monoisotopic (exact) mass is 438 g/mol. The number of nitrogens with zero attached hydrogens (tertiary/aromatic N) is 2. The third kappa shape index (κ3) is 3.82. The fourth-order valence-electron chi connectivity index (χ4n) is 3.66. The van der Waals surface area contributed by atoms with Crippen LogP contribution in [0.4, 0.5) is 11.4 Å². The lowest BCUT2D eigenvalue weighted by molar-refractivity contribution is -0.132. The summed E-state index contributed by atoms with van der Waals surface area (Å²) in [7, 11) is 0. The largest absolute Gasteiger partial charge is 0.482 e. The smallest absolute Gasteiger partial charge is 0.265 e. The van der Waals surface area contributed by atoms with Gasteiger partial charge >= 0.3 is 0 Å². The first-order chi connectivity index (χ1) is 15.4. The van der Waals surface area contributed by atoms with Crippen molar-refractivity contribution in [2.24, 2.45) is 0 Å². The summed E-state index contributed by atoms with van der Waals surface area (Å²) in [6.45, 7) is 2.73. The fourth-order valence-corrected chi connectivity index (χ4v) is 3.66. The number of rotatable bonds is 4. The van der Waals surface area contributed by atoms with Crippen LogP contribution in [0, 0.1) is 0 Å². The van der Waals surface area contributed by atoms with Crippen LogP contribution in [0.15, 0.2) is 48.5 Å². The van der Waals surface area contributed by atoms with Gasteiger partial charge in [-0.3, -0.25) is 39.8 Å². The molecule has 2 N–H and O–H groups in total. The van der Waals surface area contributed by atoms with E-state index in [1.807, 2.05) is 0 Å². The van der Waals surface area contributed by atoms with E-state index in [0.29, 0.717) is 22.9 Å². The molecule has 10 nitrogen and oxygen atoms in total. The van der Waals surface area contributed by atoms with E-state index in [0.717, 1.165) is 0 Å². The molecule has 10 heteroatoms. The zero-order valence-electron chi connectivity index (χ0n) is 17.5. The number of ether oxygens (including phenoxy) is 2. The van der Waals surface area contributed by atoms with Crippen molar-refractivity contribution in [1.82, 2.24) is 10.9 Å². The van der Waals surface area contributed by atoms with Crippen molar-refractivity contribution in [1.29, 1.82) is 0 Å². The van der Waals surface area contributed by atoms with Crippen molar-refractivity contribution in [3.05, 3.63) is 48.5 Å². The molecule has 0 radical (unpaired) electrons. The van der Waals surface area contributed by atoms with Gasteiger partial charge in [0.25, 0.3) is 23.6 Å². The summed E-state index contributed by atoms with van der Waals surface area (Å²) in [5, 5.41) is 0. The maximum atomic E-state index is 12.7. The molecule has 2 aromatic carbocycles. The highest BCUT2D eigenvalue weighted by atomic mass is 16.5. The Labute approximate surface area is 184 Å². The predicted octanol–water partition coefficient (Wildman–Crippen LogP) is 0.762. The summed E-state index contributed by atoms with van der Waals surface area (Å²) in [5.41, 5.74) is 5.64. The Balaban J connectivity index is 1.43. The summed E-state index contributed by atoms with van der Waals surface area (Å²) in [5.74, 6) is -0.945. The van der Waals surface area contributed by atoms with Gasteiger partial charge in [0.2, 0.25) is 0 Å². The second-order valence-corrected chi connectivity index (χ2v) is 7.37. The maximum absolute atomic E-state index is 12.7. The van der Waals surface area contributed by atoms with E-state index in [-0.39, 0.29) is 25.0 Å². The van der Waals surface area contributed by atoms with Crippen LogP contribution in [0.25, 0.3) is 0 Å². The van der Waals surface area contributed by atoms with Gasteiger partial charge in [0.05, 0.1) is 11.4 Å². The number of nitrogens with one attached hydrogen (secondary N) is 2. The summed E-state index contributed by atoms with van der Waals surface area (Å²) in [6.07, 6.45) is 0. The van der Waals surface area contributed by atoms with Gasteiger partial charge in [0.15, 0.2) is 13.2 Å². The third-order valence-corrected chi connectivity index (χ3v) is 5.33. The Morgan fingerprint density at radius 2 is 1.12 bits per heavy atom. The van der Waals surface area contributed by atoms with Gasteiger partial charge in [0.1, 0.15) is 23.6 Å². The van der Waals surface area contributed by atoms with Crippen molar-refractivity contribution in [2.45, 2.75) is 25.9 Å². The first kappa shape index (κ1) is 21.2. The highest BCUT2D eigenvalue weighted by molar-refractivity contribution is 6.05. The summed E-state index contributed by atoms with van der Waals surface area (Å²) < 4.78 is 10.8. The van der Waals surface area contributed by atoms with E-state index < -0.39 is 23.9 Å². The molecule has 0 aromatic heterocycles. The van der Waals surface area contributed by atoms with E-state index in [1.54, 1.807) is 62.4 Å². The highest BCUT2D eigenvalue weighted by Gasteiger charge is 2.35. The average molecular weight is 438 g/mol. The number of amides is 4. The lowest BCUT2D eigenvalue weighted by Crippen LogP contribution is -2.58. The van der Waals surface area contributed by atoms with Crippen molar-refractivity contribution >= 4 is 35.0 Å². The number of hydrogen-bond donors (Lipinski definition) is 2. The zero-order chi connectivity index (χ0) is 22.8. The second kappa shape index (κ2) is 8.58. The summed E-state index contributed by atoms with van der Waals surface area (Å²) in [4.78, 5) is 52.8. The fraction of sp³-hybridized carbons (Fsp3) is 0.273. The zero-order valence-corrected chi connectivity index (χ0v) is 17.5. The van der Waals surface area contributed by atoms with E-state index in [2.05, 4.69) is 10.9 Å². The van der Waals surface area contributed by atoms with Gasteiger partial charge in [-0.25, -0.2) is 0 Å². The third-order valence-electron chi connectivity index (χ3n) is 5.33. The van der Waals surface area contributed by atoms with Crippen LogP contribution in [0.1, 0.15) is 13.8 Å². The second-order valence-electron chi connectivity index (χ2n) is 7.37. The number of fused-ring (bicyclic) bond motifs is 2. The normalized spacial score (nSPS) is 16.7. The lowest BCUT2D eigenvalue weighted by Gasteiger charge is -2.34. The number of anilines is 2. The van der Waals surface area contributed by atoms with Crippen LogP contribution in [0.3, 0.4) is 0 Å². The molecule has 4 rings (SSSR count). The molecule has 4 amide bonds. The van der Waals surface area contributed by atoms with Crippen molar-refractivity contribution < 1.29 is 28.7 Å². The van der Waals surface area contributed by atoms with Gasteiger partial charge in [-0.2, -0.15) is 0 Å². The molecule has 166 valence electrons. The average Bonchev–Trinajstić information content (AvgIpc) is 2.81.